The highest BCUT2D eigenvalue weighted by atomic mass is 16.5. The van der Waals surface area contributed by atoms with Crippen molar-refractivity contribution in [2.45, 2.75) is 19.8 Å². The molecule has 1 unspecified atom stereocenters. The van der Waals surface area contributed by atoms with Crippen LogP contribution in [0.15, 0.2) is 30.3 Å². The van der Waals surface area contributed by atoms with Gasteiger partial charge in [-0.25, -0.2) is 0 Å². The number of hydrogen-bond acceptors (Lipinski definition) is 3. The molecule has 2 amide bonds. The van der Waals surface area contributed by atoms with Gasteiger partial charge in [-0.2, -0.15) is 0 Å². The lowest BCUT2D eigenvalue weighted by molar-refractivity contribution is -0.134. The average molecular weight is 290 g/mol. The van der Waals surface area contributed by atoms with Crippen molar-refractivity contribution in [3.63, 3.8) is 0 Å². The standard InChI is InChI=1S/C16H22N2O3/c1-13-6-5-9-18(11-13)16(20)10-17-15(19)12-21-14-7-3-2-4-8-14/h2-4,7-8,13H,5-6,9-12H2,1H3,(H,17,19). The van der Waals surface area contributed by atoms with E-state index < -0.39 is 0 Å². The molecule has 0 saturated carbocycles. The Hall–Kier alpha value is -2.04. The van der Waals surface area contributed by atoms with Gasteiger partial charge in [0, 0.05) is 13.1 Å². The number of nitrogens with zero attached hydrogens (tertiary/aromatic N) is 1. The van der Waals surface area contributed by atoms with Gasteiger partial charge in [-0.3, -0.25) is 9.59 Å². The first kappa shape index (κ1) is 15.4. The van der Waals surface area contributed by atoms with Gasteiger partial charge in [0.15, 0.2) is 6.61 Å². The van der Waals surface area contributed by atoms with E-state index in [1.165, 1.54) is 6.42 Å². The van der Waals surface area contributed by atoms with E-state index in [4.69, 9.17) is 4.74 Å². The summed E-state index contributed by atoms with van der Waals surface area (Å²) in [5.41, 5.74) is 0. The van der Waals surface area contributed by atoms with Crippen molar-refractivity contribution in [2.24, 2.45) is 5.92 Å². The Labute approximate surface area is 125 Å². The molecule has 5 nitrogen and oxygen atoms in total. The molecule has 1 atom stereocenters. The first-order valence-corrected chi connectivity index (χ1v) is 7.37. The Morgan fingerprint density at radius 3 is 2.81 bits per heavy atom. The van der Waals surface area contributed by atoms with Crippen LogP contribution in [0.5, 0.6) is 5.75 Å². The average Bonchev–Trinajstić information content (AvgIpc) is 2.51. The normalized spacial score (nSPS) is 18.1. The Morgan fingerprint density at radius 2 is 2.10 bits per heavy atom. The molecule has 0 spiro atoms. The largest absolute Gasteiger partial charge is 0.484 e. The van der Waals surface area contributed by atoms with Crippen molar-refractivity contribution in [1.82, 2.24) is 10.2 Å². The summed E-state index contributed by atoms with van der Waals surface area (Å²) in [6, 6.07) is 9.13. The minimum Gasteiger partial charge on any atom is -0.484 e. The van der Waals surface area contributed by atoms with E-state index in [9.17, 15) is 9.59 Å². The van der Waals surface area contributed by atoms with Gasteiger partial charge >= 0.3 is 0 Å². The van der Waals surface area contributed by atoms with E-state index in [-0.39, 0.29) is 25.0 Å². The predicted octanol–water partition coefficient (Wildman–Crippen LogP) is 1.44. The summed E-state index contributed by atoms with van der Waals surface area (Å²) in [4.78, 5) is 25.5. The number of likely N-dealkylation sites (tertiary alicyclic amines) is 1. The van der Waals surface area contributed by atoms with Gasteiger partial charge in [0.1, 0.15) is 5.75 Å². The third-order valence-electron chi connectivity index (χ3n) is 3.56. The van der Waals surface area contributed by atoms with Crippen LogP contribution in [-0.4, -0.2) is 43.0 Å². The van der Waals surface area contributed by atoms with Crippen molar-refractivity contribution in [1.29, 1.82) is 0 Å². The number of carbonyl (C=O) groups excluding carboxylic acids is 2. The summed E-state index contributed by atoms with van der Waals surface area (Å²) in [5.74, 6) is 0.885. The molecular formula is C16H22N2O3. The van der Waals surface area contributed by atoms with Gasteiger partial charge in [0.2, 0.25) is 5.91 Å². The molecular weight excluding hydrogens is 268 g/mol. The maximum absolute atomic E-state index is 12.0. The first-order chi connectivity index (χ1) is 10.1. The van der Waals surface area contributed by atoms with Crippen LogP contribution in [-0.2, 0) is 9.59 Å². The Morgan fingerprint density at radius 1 is 1.33 bits per heavy atom. The van der Waals surface area contributed by atoms with Crippen molar-refractivity contribution >= 4 is 11.8 Å². The van der Waals surface area contributed by atoms with Crippen molar-refractivity contribution < 1.29 is 14.3 Å². The molecule has 1 aromatic carbocycles. The van der Waals surface area contributed by atoms with Crippen LogP contribution in [0.25, 0.3) is 0 Å². The van der Waals surface area contributed by atoms with Crippen LogP contribution in [0.1, 0.15) is 19.8 Å². The lowest BCUT2D eigenvalue weighted by Crippen LogP contribution is -2.45. The molecule has 1 aromatic rings. The minimum atomic E-state index is -0.280. The van der Waals surface area contributed by atoms with Gasteiger partial charge in [-0.1, -0.05) is 25.1 Å². The highest BCUT2D eigenvalue weighted by Gasteiger charge is 2.20. The van der Waals surface area contributed by atoms with Crippen LogP contribution in [0.4, 0.5) is 0 Å². The van der Waals surface area contributed by atoms with Crippen LogP contribution in [0, 0.1) is 5.92 Å². The van der Waals surface area contributed by atoms with Crippen molar-refractivity contribution in [3.8, 4) is 5.75 Å². The van der Waals surface area contributed by atoms with Gasteiger partial charge in [0.05, 0.1) is 6.54 Å². The van der Waals surface area contributed by atoms with Crippen molar-refractivity contribution in [3.05, 3.63) is 30.3 Å². The van der Waals surface area contributed by atoms with Crippen LogP contribution < -0.4 is 10.1 Å². The topological polar surface area (TPSA) is 58.6 Å². The molecule has 0 radical (unpaired) electrons. The van der Waals surface area contributed by atoms with E-state index in [0.29, 0.717) is 11.7 Å². The fourth-order valence-corrected chi connectivity index (χ4v) is 2.42. The van der Waals surface area contributed by atoms with E-state index >= 15 is 0 Å². The lowest BCUT2D eigenvalue weighted by Gasteiger charge is -2.31. The summed E-state index contributed by atoms with van der Waals surface area (Å²) in [6.07, 6.45) is 2.21. The molecule has 2 rings (SSSR count). The Balaban J connectivity index is 1.67. The third-order valence-corrected chi connectivity index (χ3v) is 3.56. The molecule has 0 bridgehead atoms. The second-order valence-corrected chi connectivity index (χ2v) is 5.47. The second-order valence-electron chi connectivity index (χ2n) is 5.47. The van der Waals surface area contributed by atoms with Crippen LogP contribution in [0.2, 0.25) is 0 Å². The van der Waals surface area contributed by atoms with Crippen molar-refractivity contribution in [2.75, 3.05) is 26.2 Å². The van der Waals surface area contributed by atoms with Gasteiger partial charge in [-0.05, 0) is 30.9 Å². The molecule has 5 heteroatoms. The number of para-hydroxylation sites is 1. The van der Waals surface area contributed by atoms with Gasteiger partial charge < -0.3 is 15.0 Å². The molecule has 114 valence electrons. The zero-order valence-electron chi connectivity index (χ0n) is 12.4. The van der Waals surface area contributed by atoms with E-state index in [1.54, 1.807) is 12.1 Å². The van der Waals surface area contributed by atoms with Gasteiger partial charge in [-0.15, -0.1) is 0 Å². The fraction of sp³-hybridized carbons (Fsp3) is 0.500. The molecule has 0 aromatic heterocycles. The number of ether oxygens (including phenoxy) is 1. The summed E-state index contributed by atoms with van der Waals surface area (Å²) in [5, 5.41) is 2.61. The maximum atomic E-state index is 12.0. The highest BCUT2D eigenvalue weighted by Crippen LogP contribution is 2.15. The molecule has 1 N–H and O–H groups in total. The number of amides is 2. The Bertz CT molecular complexity index is 476. The lowest BCUT2D eigenvalue weighted by atomic mass is 10.0. The highest BCUT2D eigenvalue weighted by molar-refractivity contribution is 5.85. The monoisotopic (exact) mass is 290 g/mol. The molecule has 1 saturated heterocycles. The summed E-state index contributed by atoms with van der Waals surface area (Å²) in [6.45, 7) is 3.69. The van der Waals surface area contributed by atoms with E-state index in [0.717, 1.165) is 19.5 Å². The number of nitrogens with one attached hydrogen (secondary N) is 1. The van der Waals surface area contributed by atoms with E-state index in [1.807, 2.05) is 23.1 Å². The van der Waals surface area contributed by atoms with Crippen LogP contribution >= 0.6 is 0 Å². The second kappa shape index (κ2) is 7.67. The first-order valence-electron chi connectivity index (χ1n) is 7.37. The minimum absolute atomic E-state index is 0.0189. The molecule has 0 aliphatic carbocycles. The quantitative estimate of drug-likeness (QED) is 0.892. The predicted molar refractivity (Wildman–Crippen MR) is 79.9 cm³/mol. The number of piperidine rings is 1. The molecule has 1 heterocycles. The molecule has 1 aliphatic heterocycles. The fourth-order valence-electron chi connectivity index (χ4n) is 2.42. The maximum Gasteiger partial charge on any atom is 0.258 e. The molecule has 21 heavy (non-hydrogen) atoms. The zero-order chi connectivity index (χ0) is 15.1. The summed E-state index contributed by atoms with van der Waals surface area (Å²) in [7, 11) is 0. The number of rotatable bonds is 5. The summed E-state index contributed by atoms with van der Waals surface area (Å²) >= 11 is 0. The Kier molecular flexibility index (Phi) is 5.60. The molecule has 1 fully saturated rings. The SMILES string of the molecule is CC1CCCN(C(=O)CNC(=O)COc2ccccc2)C1. The summed E-state index contributed by atoms with van der Waals surface area (Å²) < 4.78 is 5.33. The van der Waals surface area contributed by atoms with Crippen LogP contribution in [0.3, 0.4) is 0 Å². The number of hydrogen-bond donors (Lipinski definition) is 1. The van der Waals surface area contributed by atoms with E-state index in [2.05, 4.69) is 12.2 Å². The van der Waals surface area contributed by atoms with Gasteiger partial charge in [0.25, 0.3) is 5.91 Å². The zero-order valence-corrected chi connectivity index (χ0v) is 12.4. The molecule has 1 aliphatic rings. The number of benzene rings is 1. The number of carbonyl (C=O) groups is 2. The third kappa shape index (κ3) is 5.10. The smallest absolute Gasteiger partial charge is 0.258 e.